The molecule has 0 aromatic heterocycles. The van der Waals surface area contributed by atoms with Crippen LogP contribution in [0.3, 0.4) is 0 Å². The Kier molecular flexibility index (Phi) is 5.10. The van der Waals surface area contributed by atoms with Crippen LogP contribution in [-0.4, -0.2) is 28.9 Å². The molecule has 0 fully saturated rings. The first kappa shape index (κ1) is 15.2. The summed E-state index contributed by atoms with van der Waals surface area (Å²) in [5.74, 6) is -1.02. The maximum Gasteiger partial charge on any atom is 0.334 e. The second-order valence-electron chi connectivity index (χ2n) is 4.72. The van der Waals surface area contributed by atoms with E-state index in [0.29, 0.717) is 18.5 Å². The van der Waals surface area contributed by atoms with E-state index >= 15 is 0 Å². The van der Waals surface area contributed by atoms with Crippen LogP contribution in [0, 0.1) is 0 Å². The number of rotatable bonds is 7. The molecule has 0 radical (unpaired) electrons. The Morgan fingerprint density at radius 2 is 1.89 bits per heavy atom. The summed E-state index contributed by atoms with van der Waals surface area (Å²) < 4.78 is 0. The number of aryl methyl sites for hydroxylation is 1. The van der Waals surface area contributed by atoms with Crippen molar-refractivity contribution >= 4 is 12.4 Å². The molecule has 1 rings (SSSR count). The number of carbonyl (C=O) groups is 2. The lowest BCUT2D eigenvalue weighted by Gasteiger charge is -2.34. The molecule has 1 atom stereocenters. The normalized spacial score (nSPS) is 13.6. The maximum absolute atomic E-state index is 11.6. The van der Waals surface area contributed by atoms with Crippen LogP contribution in [0.5, 0.6) is 0 Å². The molecule has 1 unspecified atom stereocenters. The van der Waals surface area contributed by atoms with E-state index in [2.05, 4.69) is 6.92 Å². The van der Waals surface area contributed by atoms with Gasteiger partial charge in [0.05, 0.1) is 0 Å². The Labute approximate surface area is 114 Å². The van der Waals surface area contributed by atoms with Gasteiger partial charge in [-0.1, -0.05) is 37.6 Å². The maximum atomic E-state index is 11.6. The molecular weight excluding hydrogens is 242 g/mol. The van der Waals surface area contributed by atoms with E-state index in [1.165, 1.54) is 10.5 Å². The summed E-state index contributed by atoms with van der Waals surface area (Å²) in [6.45, 7) is 5.77. The SMILES string of the molecule is CCCc1ccc(C(C)(C(=O)O)N(C=O)CC)cc1. The fourth-order valence-electron chi connectivity index (χ4n) is 2.19. The van der Waals surface area contributed by atoms with Crippen molar-refractivity contribution in [1.29, 1.82) is 0 Å². The smallest absolute Gasteiger partial charge is 0.334 e. The molecule has 1 amide bonds. The van der Waals surface area contributed by atoms with E-state index in [-0.39, 0.29) is 0 Å². The number of aliphatic carboxylic acids is 1. The number of carboxylic acid groups (broad SMARTS) is 1. The number of benzene rings is 1. The topological polar surface area (TPSA) is 57.6 Å². The summed E-state index contributed by atoms with van der Waals surface area (Å²) in [4.78, 5) is 24.0. The van der Waals surface area contributed by atoms with Crippen molar-refractivity contribution in [3.63, 3.8) is 0 Å². The highest BCUT2D eigenvalue weighted by Gasteiger charge is 2.40. The van der Waals surface area contributed by atoms with Crippen molar-refractivity contribution in [2.45, 2.75) is 39.2 Å². The van der Waals surface area contributed by atoms with Crippen LogP contribution in [0.15, 0.2) is 24.3 Å². The Bertz CT molecular complexity index is 441. The Balaban J connectivity index is 3.18. The summed E-state index contributed by atoms with van der Waals surface area (Å²) in [5, 5.41) is 9.49. The van der Waals surface area contributed by atoms with Gasteiger partial charge in [-0.2, -0.15) is 0 Å². The van der Waals surface area contributed by atoms with Gasteiger partial charge in [-0.3, -0.25) is 4.79 Å². The van der Waals surface area contributed by atoms with Crippen molar-refractivity contribution < 1.29 is 14.7 Å². The third kappa shape index (κ3) is 2.95. The van der Waals surface area contributed by atoms with Crippen molar-refractivity contribution in [1.82, 2.24) is 4.90 Å². The zero-order chi connectivity index (χ0) is 14.5. The van der Waals surface area contributed by atoms with E-state index in [0.717, 1.165) is 12.8 Å². The predicted molar refractivity (Wildman–Crippen MR) is 73.9 cm³/mol. The molecule has 0 spiro atoms. The van der Waals surface area contributed by atoms with Crippen LogP contribution in [0.1, 0.15) is 38.3 Å². The molecule has 4 nitrogen and oxygen atoms in total. The molecule has 104 valence electrons. The highest BCUT2D eigenvalue weighted by molar-refractivity contribution is 5.82. The second-order valence-corrected chi connectivity index (χ2v) is 4.72. The Morgan fingerprint density at radius 1 is 1.32 bits per heavy atom. The molecule has 0 heterocycles. The summed E-state index contributed by atoms with van der Waals surface area (Å²) in [7, 11) is 0. The number of amides is 1. The summed E-state index contributed by atoms with van der Waals surface area (Å²) in [6.07, 6.45) is 2.61. The molecule has 1 aromatic carbocycles. The van der Waals surface area contributed by atoms with Gasteiger partial charge in [0.15, 0.2) is 5.54 Å². The van der Waals surface area contributed by atoms with Gasteiger partial charge in [0.2, 0.25) is 6.41 Å². The number of nitrogens with zero attached hydrogens (tertiary/aromatic N) is 1. The van der Waals surface area contributed by atoms with E-state index < -0.39 is 11.5 Å². The summed E-state index contributed by atoms with van der Waals surface area (Å²) >= 11 is 0. The zero-order valence-corrected chi connectivity index (χ0v) is 11.7. The summed E-state index contributed by atoms with van der Waals surface area (Å²) in [6, 6.07) is 7.45. The molecular formula is C15H21NO3. The van der Waals surface area contributed by atoms with Gasteiger partial charge in [-0.25, -0.2) is 4.79 Å². The minimum Gasteiger partial charge on any atom is -0.479 e. The minimum absolute atomic E-state index is 0.350. The third-order valence-corrected chi connectivity index (χ3v) is 3.51. The Hall–Kier alpha value is -1.84. The van der Waals surface area contributed by atoms with Crippen LogP contribution < -0.4 is 0 Å². The number of carbonyl (C=O) groups excluding carboxylic acids is 1. The van der Waals surface area contributed by atoms with Crippen LogP contribution in [0.2, 0.25) is 0 Å². The van der Waals surface area contributed by atoms with Crippen molar-refractivity contribution in [2.24, 2.45) is 0 Å². The molecule has 1 aromatic rings. The van der Waals surface area contributed by atoms with Gasteiger partial charge in [0.1, 0.15) is 0 Å². The molecule has 0 saturated heterocycles. The largest absolute Gasteiger partial charge is 0.479 e. The molecule has 1 N–H and O–H groups in total. The molecule has 0 aliphatic carbocycles. The van der Waals surface area contributed by atoms with E-state index in [1.54, 1.807) is 26.0 Å². The quantitative estimate of drug-likeness (QED) is 0.769. The standard InChI is InChI=1S/C15H21NO3/c1-4-6-12-7-9-13(10-8-12)15(3,14(18)19)16(5-2)11-17/h7-11H,4-6H2,1-3H3,(H,18,19). The lowest BCUT2D eigenvalue weighted by molar-refractivity contribution is -0.154. The van der Waals surface area contributed by atoms with Crippen molar-refractivity contribution in [3.05, 3.63) is 35.4 Å². The van der Waals surface area contributed by atoms with Gasteiger partial charge in [0, 0.05) is 6.54 Å². The van der Waals surface area contributed by atoms with Gasteiger partial charge >= 0.3 is 5.97 Å². The molecule has 19 heavy (non-hydrogen) atoms. The average molecular weight is 263 g/mol. The van der Waals surface area contributed by atoms with Crippen molar-refractivity contribution in [3.8, 4) is 0 Å². The Morgan fingerprint density at radius 3 is 2.26 bits per heavy atom. The van der Waals surface area contributed by atoms with Crippen LogP contribution in [0.25, 0.3) is 0 Å². The first-order valence-electron chi connectivity index (χ1n) is 6.55. The number of hydrogen-bond donors (Lipinski definition) is 1. The molecule has 0 aliphatic heterocycles. The molecule has 0 bridgehead atoms. The first-order valence-corrected chi connectivity index (χ1v) is 6.55. The van der Waals surface area contributed by atoms with Gasteiger partial charge < -0.3 is 10.0 Å². The second kappa shape index (κ2) is 6.36. The van der Waals surface area contributed by atoms with Gasteiger partial charge in [0.25, 0.3) is 0 Å². The minimum atomic E-state index is -1.32. The number of hydrogen-bond acceptors (Lipinski definition) is 2. The van der Waals surface area contributed by atoms with Gasteiger partial charge in [-0.05, 0) is 31.4 Å². The zero-order valence-electron chi connectivity index (χ0n) is 11.7. The first-order chi connectivity index (χ1) is 9.00. The predicted octanol–water partition coefficient (Wildman–Crippen LogP) is 2.42. The summed E-state index contributed by atoms with van der Waals surface area (Å²) in [5.41, 5.74) is 0.475. The van der Waals surface area contributed by atoms with Crippen molar-refractivity contribution in [2.75, 3.05) is 6.54 Å². The third-order valence-electron chi connectivity index (χ3n) is 3.51. The fraction of sp³-hybridized carbons (Fsp3) is 0.467. The van der Waals surface area contributed by atoms with Crippen LogP contribution >= 0.6 is 0 Å². The highest BCUT2D eigenvalue weighted by atomic mass is 16.4. The van der Waals surface area contributed by atoms with Crippen LogP contribution in [-0.2, 0) is 21.5 Å². The lowest BCUT2D eigenvalue weighted by atomic mass is 9.89. The van der Waals surface area contributed by atoms with Gasteiger partial charge in [-0.15, -0.1) is 0 Å². The lowest BCUT2D eigenvalue weighted by Crippen LogP contribution is -2.49. The van der Waals surface area contributed by atoms with Crippen LogP contribution in [0.4, 0.5) is 0 Å². The molecule has 0 saturated carbocycles. The number of likely N-dealkylation sites (N-methyl/N-ethyl adjacent to an activating group) is 1. The fourth-order valence-corrected chi connectivity index (χ4v) is 2.19. The molecule has 4 heteroatoms. The van der Waals surface area contributed by atoms with E-state index in [4.69, 9.17) is 0 Å². The molecule has 0 aliphatic rings. The number of carboxylic acids is 1. The van der Waals surface area contributed by atoms with E-state index in [9.17, 15) is 14.7 Å². The highest BCUT2D eigenvalue weighted by Crippen LogP contribution is 2.28. The monoisotopic (exact) mass is 263 g/mol. The van der Waals surface area contributed by atoms with E-state index in [1.807, 2.05) is 12.1 Å². The average Bonchev–Trinajstić information content (AvgIpc) is 2.40.